The van der Waals surface area contributed by atoms with Gasteiger partial charge in [-0.05, 0) is 41.8 Å². The molecule has 30 heavy (non-hydrogen) atoms. The Kier molecular flexibility index (Phi) is 8.22. The molecule has 1 unspecified atom stereocenters. The third-order valence-corrected chi connectivity index (χ3v) is 6.89. The van der Waals surface area contributed by atoms with E-state index in [-0.39, 0.29) is 24.4 Å². The summed E-state index contributed by atoms with van der Waals surface area (Å²) in [7, 11) is 0. The molecule has 6 heteroatoms. The lowest BCUT2D eigenvalue weighted by molar-refractivity contribution is -0.142. The van der Waals surface area contributed by atoms with Gasteiger partial charge in [0.15, 0.2) is 0 Å². The van der Waals surface area contributed by atoms with E-state index >= 15 is 0 Å². The van der Waals surface area contributed by atoms with Crippen molar-refractivity contribution < 1.29 is 9.59 Å². The molecule has 0 spiro atoms. The maximum atomic E-state index is 13.4. The monoisotopic (exact) mass is 440 g/mol. The second kappa shape index (κ2) is 11.1. The van der Waals surface area contributed by atoms with E-state index < -0.39 is 0 Å². The maximum Gasteiger partial charge on any atom is 0.242 e. The molecule has 1 aromatic carbocycles. The van der Waals surface area contributed by atoms with Crippen molar-refractivity contribution in [2.24, 2.45) is 0 Å². The van der Waals surface area contributed by atoms with Crippen LogP contribution in [0, 0.1) is 0 Å². The van der Waals surface area contributed by atoms with Crippen LogP contribution in [-0.4, -0.2) is 34.2 Å². The zero-order chi connectivity index (χ0) is 21.3. The van der Waals surface area contributed by atoms with Crippen molar-refractivity contribution >= 4 is 34.5 Å². The van der Waals surface area contributed by atoms with Crippen LogP contribution in [0.15, 0.2) is 65.4 Å². The van der Waals surface area contributed by atoms with E-state index in [9.17, 15) is 9.59 Å². The number of hydrogen-bond donors (Lipinski definition) is 0. The van der Waals surface area contributed by atoms with Gasteiger partial charge in [0, 0.05) is 22.3 Å². The Bertz CT molecular complexity index is 908. The van der Waals surface area contributed by atoms with E-state index in [0.29, 0.717) is 19.5 Å². The zero-order valence-electron chi connectivity index (χ0n) is 17.5. The molecule has 0 saturated heterocycles. The highest BCUT2D eigenvalue weighted by atomic mass is 32.1. The van der Waals surface area contributed by atoms with Crippen LogP contribution in [0.4, 0.5) is 0 Å². The Balaban J connectivity index is 1.75. The molecular formula is C24H28N2O2S2. The Morgan fingerprint density at radius 2 is 1.53 bits per heavy atom. The van der Waals surface area contributed by atoms with Crippen LogP contribution in [0.1, 0.15) is 35.6 Å². The van der Waals surface area contributed by atoms with Crippen LogP contribution in [0.2, 0.25) is 0 Å². The molecule has 2 aromatic heterocycles. The summed E-state index contributed by atoms with van der Waals surface area (Å²) < 4.78 is 0. The molecule has 1 atom stereocenters. The average Bonchev–Trinajstić information content (AvgIpc) is 3.46. The van der Waals surface area contributed by atoms with Crippen LogP contribution in [0.5, 0.6) is 0 Å². The number of nitrogens with zero attached hydrogens (tertiary/aromatic N) is 2. The van der Waals surface area contributed by atoms with Gasteiger partial charge in [-0.3, -0.25) is 9.59 Å². The second-order valence-electron chi connectivity index (χ2n) is 7.35. The van der Waals surface area contributed by atoms with Crippen LogP contribution < -0.4 is 0 Å². The van der Waals surface area contributed by atoms with Crippen molar-refractivity contribution in [2.75, 3.05) is 6.54 Å². The van der Waals surface area contributed by atoms with E-state index in [1.54, 1.807) is 27.6 Å². The smallest absolute Gasteiger partial charge is 0.242 e. The molecule has 158 valence electrons. The Hall–Kier alpha value is -2.44. The highest BCUT2D eigenvalue weighted by molar-refractivity contribution is 7.10. The topological polar surface area (TPSA) is 40.6 Å². The van der Waals surface area contributed by atoms with Gasteiger partial charge >= 0.3 is 0 Å². The van der Waals surface area contributed by atoms with E-state index in [1.807, 2.05) is 84.1 Å². The van der Waals surface area contributed by atoms with Crippen LogP contribution in [0.3, 0.4) is 0 Å². The third kappa shape index (κ3) is 6.28. The number of carbonyl (C=O) groups is 2. The van der Waals surface area contributed by atoms with Crippen LogP contribution in [-0.2, 0) is 29.1 Å². The minimum absolute atomic E-state index is 0.0101. The summed E-state index contributed by atoms with van der Waals surface area (Å²) >= 11 is 3.22. The average molecular weight is 441 g/mol. The molecule has 2 heterocycles. The molecule has 2 amide bonds. The molecule has 4 nitrogen and oxygen atoms in total. The van der Waals surface area contributed by atoms with Crippen molar-refractivity contribution in [3.05, 3.63) is 80.7 Å². The predicted molar refractivity (Wildman–Crippen MR) is 125 cm³/mol. The van der Waals surface area contributed by atoms with Gasteiger partial charge in [0.1, 0.15) is 6.54 Å². The summed E-state index contributed by atoms with van der Waals surface area (Å²) in [6.07, 6.45) is 1.16. The van der Waals surface area contributed by atoms with Crippen molar-refractivity contribution in [1.82, 2.24) is 9.80 Å². The number of carbonyl (C=O) groups excluding carboxylic acids is 2. The Morgan fingerprint density at radius 3 is 2.13 bits per heavy atom. The minimum Gasteiger partial charge on any atom is -0.332 e. The van der Waals surface area contributed by atoms with Crippen molar-refractivity contribution in [3.63, 3.8) is 0 Å². The number of thiophene rings is 2. The number of benzene rings is 1. The highest BCUT2D eigenvalue weighted by Gasteiger charge is 2.25. The Morgan fingerprint density at radius 1 is 0.867 bits per heavy atom. The number of hydrogen-bond acceptors (Lipinski definition) is 4. The Labute approximate surface area is 186 Å². The fourth-order valence-electron chi connectivity index (χ4n) is 3.25. The quantitative estimate of drug-likeness (QED) is 0.434. The molecular weight excluding hydrogens is 412 g/mol. The van der Waals surface area contributed by atoms with Crippen LogP contribution in [0.25, 0.3) is 0 Å². The van der Waals surface area contributed by atoms with E-state index in [4.69, 9.17) is 0 Å². The fraction of sp³-hybridized carbons (Fsp3) is 0.333. The summed E-state index contributed by atoms with van der Waals surface area (Å²) in [5, 5.41) is 4.00. The molecule has 3 rings (SSSR count). The standard InChI is InChI=1S/C24H28N2O2S2/c1-3-19(2)26(23(27)15-21-11-7-13-29-21)18-24(28)25(17-22-12-8-14-30-22)16-20-9-5-4-6-10-20/h4-14,19H,3,15-18H2,1-2H3. The largest absolute Gasteiger partial charge is 0.332 e. The van der Waals surface area contributed by atoms with Gasteiger partial charge in [0.2, 0.25) is 11.8 Å². The second-order valence-corrected chi connectivity index (χ2v) is 9.41. The summed E-state index contributed by atoms with van der Waals surface area (Å²) in [4.78, 5) is 32.1. The lowest BCUT2D eigenvalue weighted by Crippen LogP contribution is -2.46. The summed E-state index contributed by atoms with van der Waals surface area (Å²) in [5.74, 6) is -0.0111. The van der Waals surface area contributed by atoms with Gasteiger partial charge in [-0.2, -0.15) is 0 Å². The molecule has 0 fully saturated rings. The number of amides is 2. The number of rotatable bonds is 10. The van der Waals surface area contributed by atoms with Gasteiger partial charge in [0.05, 0.1) is 13.0 Å². The summed E-state index contributed by atoms with van der Waals surface area (Å²) in [5.41, 5.74) is 1.09. The lowest BCUT2D eigenvalue weighted by Gasteiger charge is -2.31. The van der Waals surface area contributed by atoms with Gasteiger partial charge in [0.25, 0.3) is 0 Å². The zero-order valence-corrected chi connectivity index (χ0v) is 19.1. The van der Waals surface area contributed by atoms with E-state index in [0.717, 1.165) is 21.7 Å². The van der Waals surface area contributed by atoms with Gasteiger partial charge in [-0.25, -0.2) is 0 Å². The molecule has 0 aliphatic heterocycles. The van der Waals surface area contributed by atoms with E-state index in [1.165, 1.54) is 0 Å². The first-order chi connectivity index (χ1) is 14.6. The van der Waals surface area contributed by atoms with Crippen molar-refractivity contribution in [1.29, 1.82) is 0 Å². The first-order valence-electron chi connectivity index (χ1n) is 10.2. The van der Waals surface area contributed by atoms with Crippen molar-refractivity contribution in [3.8, 4) is 0 Å². The van der Waals surface area contributed by atoms with Gasteiger partial charge in [-0.15, -0.1) is 22.7 Å². The fourth-order valence-corrected chi connectivity index (χ4v) is 4.66. The SMILES string of the molecule is CCC(C)N(CC(=O)N(Cc1ccccc1)Cc1cccs1)C(=O)Cc1cccs1. The molecule has 0 radical (unpaired) electrons. The van der Waals surface area contributed by atoms with Crippen molar-refractivity contribution in [2.45, 2.75) is 45.8 Å². The van der Waals surface area contributed by atoms with Crippen LogP contribution >= 0.6 is 22.7 Å². The van der Waals surface area contributed by atoms with Gasteiger partial charge in [-0.1, -0.05) is 49.4 Å². The normalized spacial score (nSPS) is 11.8. The first-order valence-corrected chi connectivity index (χ1v) is 12.0. The third-order valence-electron chi connectivity index (χ3n) is 5.15. The highest BCUT2D eigenvalue weighted by Crippen LogP contribution is 2.17. The predicted octanol–water partition coefficient (Wildman–Crippen LogP) is 5.21. The van der Waals surface area contributed by atoms with E-state index in [2.05, 4.69) is 0 Å². The maximum absolute atomic E-state index is 13.4. The summed E-state index contributed by atoms with van der Waals surface area (Å²) in [6, 6.07) is 18.0. The molecule has 0 bridgehead atoms. The minimum atomic E-state index is -0.0212. The molecule has 0 aliphatic rings. The first kappa shape index (κ1) is 22.2. The lowest BCUT2D eigenvalue weighted by atomic mass is 10.1. The van der Waals surface area contributed by atoms with Gasteiger partial charge < -0.3 is 9.80 Å². The molecule has 0 saturated carbocycles. The molecule has 0 N–H and O–H groups in total. The molecule has 0 aliphatic carbocycles. The molecule has 3 aromatic rings. The summed E-state index contributed by atoms with van der Waals surface area (Å²) in [6.45, 7) is 5.26.